The molecular formula is C30H34N2O4. The highest BCUT2D eigenvalue weighted by atomic mass is 16.5. The fraction of sp³-hybridized carbons (Fsp3) is 0.467. The molecule has 1 aromatic heterocycles. The number of benzene rings is 2. The maximum atomic E-state index is 13.3. The van der Waals surface area contributed by atoms with Gasteiger partial charge in [0.05, 0.1) is 18.2 Å². The highest BCUT2D eigenvalue weighted by Crippen LogP contribution is 2.47. The molecule has 188 valence electrons. The van der Waals surface area contributed by atoms with Crippen LogP contribution in [0.2, 0.25) is 0 Å². The Hall–Kier alpha value is -3.28. The second kappa shape index (κ2) is 9.64. The topological polar surface area (TPSA) is 80.6 Å². The SMILES string of the molecule is O=C(N[C@@H]1CCCC[C@H]1C(=O)O)c1ccc2c(C3CCCCC3)c3n(c2c1)CCOc1ccccc1-3. The first-order chi connectivity index (χ1) is 17.6. The molecule has 0 saturated heterocycles. The number of carboxylic acids is 1. The quantitative estimate of drug-likeness (QED) is 0.465. The summed E-state index contributed by atoms with van der Waals surface area (Å²) < 4.78 is 8.49. The molecule has 3 aliphatic rings. The van der Waals surface area contributed by atoms with Crippen LogP contribution in [-0.2, 0) is 11.3 Å². The number of nitrogens with zero attached hydrogens (tertiary/aromatic N) is 1. The van der Waals surface area contributed by atoms with Crippen LogP contribution in [0.4, 0.5) is 0 Å². The normalized spacial score (nSPS) is 22.2. The summed E-state index contributed by atoms with van der Waals surface area (Å²) in [5, 5.41) is 13.9. The van der Waals surface area contributed by atoms with E-state index in [4.69, 9.17) is 4.74 Å². The molecule has 6 rings (SSSR count). The van der Waals surface area contributed by atoms with E-state index in [1.165, 1.54) is 48.7 Å². The number of ether oxygens (including phenoxy) is 1. The third-order valence-corrected chi connectivity index (χ3v) is 8.49. The van der Waals surface area contributed by atoms with E-state index in [-0.39, 0.29) is 11.9 Å². The molecule has 2 saturated carbocycles. The molecule has 1 aliphatic heterocycles. The summed E-state index contributed by atoms with van der Waals surface area (Å²) in [6, 6.07) is 14.0. The van der Waals surface area contributed by atoms with E-state index in [1.807, 2.05) is 18.2 Å². The number of amides is 1. The van der Waals surface area contributed by atoms with Crippen molar-refractivity contribution in [2.24, 2.45) is 5.92 Å². The monoisotopic (exact) mass is 486 g/mol. The second-order valence-corrected chi connectivity index (χ2v) is 10.6. The molecule has 1 amide bonds. The zero-order chi connectivity index (χ0) is 24.6. The minimum atomic E-state index is -0.817. The number of nitrogens with one attached hydrogen (secondary N) is 1. The second-order valence-electron chi connectivity index (χ2n) is 10.6. The van der Waals surface area contributed by atoms with Gasteiger partial charge in [-0.25, -0.2) is 0 Å². The summed E-state index contributed by atoms with van der Waals surface area (Å²) in [4.78, 5) is 25.1. The Kier molecular flexibility index (Phi) is 6.20. The molecule has 2 fully saturated rings. The van der Waals surface area contributed by atoms with Gasteiger partial charge in [0, 0.05) is 28.1 Å². The van der Waals surface area contributed by atoms with Crippen LogP contribution in [0, 0.1) is 5.92 Å². The van der Waals surface area contributed by atoms with Gasteiger partial charge in [-0.15, -0.1) is 0 Å². The van der Waals surface area contributed by atoms with Crippen molar-refractivity contribution in [2.75, 3.05) is 6.61 Å². The number of aromatic nitrogens is 1. The van der Waals surface area contributed by atoms with E-state index >= 15 is 0 Å². The standard InChI is InChI=1S/C30H34N2O4/c33-29(31-24-12-6-4-10-21(24)30(34)35)20-14-15-22-25(18-20)32-16-17-36-26-13-7-5-11-23(26)28(32)27(22)19-8-2-1-3-9-19/h5,7,11,13-15,18-19,21,24H,1-4,6,8-10,12,16-17H2,(H,31,33)(H,34,35)/t21-,24-/m1/s1. The average molecular weight is 487 g/mol. The lowest BCUT2D eigenvalue weighted by Crippen LogP contribution is -2.45. The van der Waals surface area contributed by atoms with E-state index in [1.54, 1.807) is 0 Å². The maximum absolute atomic E-state index is 13.3. The Morgan fingerprint density at radius 2 is 1.72 bits per heavy atom. The Morgan fingerprint density at radius 3 is 2.56 bits per heavy atom. The molecule has 6 heteroatoms. The predicted molar refractivity (Wildman–Crippen MR) is 140 cm³/mol. The van der Waals surface area contributed by atoms with Crippen molar-refractivity contribution in [3.05, 3.63) is 53.6 Å². The first kappa shape index (κ1) is 23.1. The third kappa shape index (κ3) is 4.06. The van der Waals surface area contributed by atoms with E-state index < -0.39 is 11.9 Å². The van der Waals surface area contributed by atoms with Crippen LogP contribution in [0.15, 0.2) is 42.5 Å². The van der Waals surface area contributed by atoms with Gasteiger partial charge in [-0.1, -0.05) is 50.3 Å². The van der Waals surface area contributed by atoms with Crippen molar-refractivity contribution in [3.8, 4) is 17.0 Å². The molecule has 2 aromatic carbocycles. The summed E-state index contributed by atoms with van der Waals surface area (Å²) in [6.45, 7) is 1.30. The molecule has 0 radical (unpaired) electrons. The van der Waals surface area contributed by atoms with Gasteiger partial charge in [0.1, 0.15) is 12.4 Å². The molecule has 2 N–H and O–H groups in total. The van der Waals surface area contributed by atoms with Crippen molar-refractivity contribution >= 4 is 22.8 Å². The first-order valence-corrected chi connectivity index (χ1v) is 13.5. The van der Waals surface area contributed by atoms with Crippen LogP contribution in [0.1, 0.15) is 79.6 Å². The van der Waals surface area contributed by atoms with E-state index in [9.17, 15) is 14.7 Å². The van der Waals surface area contributed by atoms with Crippen LogP contribution in [0.3, 0.4) is 0 Å². The molecule has 2 atom stereocenters. The number of rotatable bonds is 4. The van der Waals surface area contributed by atoms with Gasteiger partial charge >= 0.3 is 5.97 Å². The molecule has 0 bridgehead atoms. The Bertz CT molecular complexity index is 1300. The zero-order valence-electron chi connectivity index (χ0n) is 20.7. The van der Waals surface area contributed by atoms with Crippen molar-refractivity contribution in [1.29, 1.82) is 0 Å². The summed E-state index contributed by atoms with van der Waals surface area (Å²) in [5.74, 6) is -0.0891. The minimum absolute atomic E-state index is 0.185. The number of hydrogen-bond donors (Lipinski definition) is 2. The summed E-state index contributed by atoms with van der Waals surface area (Å²) in [6.07, 6.45) is 9.37. The van der Waals surface area contributed by atoms with Crippen molar-refractivity contribution in [2.45, 2.75) is 76.3 Å². The number of carbonyl (C=O) groups excluding carboxylic acids is 1. The summed E-state index contributed by atoms with van der Waals surface area (Å²) >= 11 is 0. The number of carbonyl (C=O) groups is 2. The van der Waals surface area contributed by atoms with E-state index in [2.05, 4.69) is 34.1 Å². The smallest absolute Gasteiger partial charge is 0.308 e. The Labute approximate surface area is 211 Å². The maximum Gasteiger partial charge on any atom is 0.308 e. The minimum Gasteiger partial charge on any atom is -0.491 e. The number of hydrogen-bond acceptors (Lipinski definition) is 3. The lowest BCUT2D eigenvalue weighted by molar-refractivity contribution is -0.143. The Morgan fingerprint density at radius 1 is 0.944 bits per heavy atom. The van der Waals surface area contributed by atoms with Crippen molar-refractivity contribution < 1.29 is 19.4 Å². The molecule has 0 unspecified atom stereocenters. The first-order valence-electron chi connectivity index (χ1n) is 13.5. The molecule has 2 aliphatic carbocycles. The van der Waals surface area contributed by atoms with E-state index in [0.717, 1.165) is 36.2 Å². The average Bonchev–Trinajstić information content (AvgIpc) is 3.10. The van der Waals surface area contributed by atoms with Gasteiger partial charge < -0.3 is 19.7 Å². The zero-order valence-corrected chi connectivity index (χ0v) is 20.7. The third-order valence-electron chi connectivity index (χ3n) is 8.49. The molecule has 0 spiro atoms. The van der Waals surface area contributed by atoms with Crippen LogP contribution in [0.25, 0.3) is 22.2 Å². The lowest BCUT2D eigenvalue weighted by Gasteiger charge is -2.29. The molecular weight excluding hydrogens is 452 g/mol. The number of aliphatic carboxylic acids is 1. The Balaban J connectivity index is 1.43. The fourth-order valence-corrected chi connectivity index (χ4v) is 6.73. The van der Waals surface area contributed by atoms with Gasteiger partial charge in [-0.2, -0.15) is 0 Å². The largest absolute Gasteiger partial charge is 0.491 e. The molecule has 36 heavy (non-hydrogen) atoms. The van der Waals surface area contributed by atoms with Crippen molar-refractivity contribution in [1.82, 2.24) is 9.88 Å². The molecule has 6 nitrogen and oxygen atoms in total. The number of fused-ring (bicyclic) bond motifs is 5. The van der Waals surface area contributed by atoms with Crippen LogP contribution >= 0.6 is 0 Å². The molecule has 2 heterocycles. The lowest BCUT2D eigenvalue weighted by atomic mass is 9.81. The van der Waals surface area contributed by atoms with Gasteiger partial charge in [0.2, 0.25) is 0 Å². The van der Waals surface area contributed by atoms with Crippen LogP contribution in [0.5, 0.6) is 5.75 Å². The van der Waals surface area contributed by atoms with Crippen molar-refractivity contribution in [3.63, 3.8) is 0 Å². The number of para-hydroxylation sites is 1. The van der Waals surface area contributed by atoms with E-state index in [0.29, 0.717) is 30.9 Å². The highest BCUT2D eigenvalue weighted by molar-refractivity contribution is 6.01. The van der Waals surface area contributed by atoms with Crippen LogP contribution < -0.4 is 10.1 Å². The summed E-state index contributed by atoms with van der Waals surface area (Å²) in [7, 11) is 0. The van der Waals surface area contributed by atoms with Gasteiger partial charge in [-0.3, -0.25) is 9.59 Å². The highest BCUT2D eigenvalue weighted by Gasteiger charge is 2.33. The summed E-state index contributed by atoms with van der Waals surface area (Å²) in [5.41, 5.74) is 5.42. The van der Waals surface area contributed by atoms with Gasteiger partial charge in [0.15, 0.2) is 0 Å². The predicted octanol–water partition coefficient (Wildman–Crippen LogP) is 6.12. The fourth-order valence-electron chi connectivity index (χ4n) is 6.73. The van der Waals surface area contributed by atoms with Gasteiger partial charge in [-0.05, 0) is 61.4 Å². The van der Waals surface area contributed by atoms with Gasteiger partial charge in [0.25, 0.3) is 5.91 Å². The van der Waals surface area contributed by atoms with Crippen LogP contribution in [-0.4, -0.2) is 34.2 Å². The number of carboxylic acid groups (broad SMARTS) is 1. The molecule has 3 aromatic rings.